The molecule has 0 atom stereocenters. The highest BCUT2D eigenvalue weighted by atomic mass is 28.3. The first kappa shape index (κ1) is 19.1. The van der Waals surface area contributed by atoms with E-state index in [9.17, 15) is 0 Å². The Labute approximate surface area is 181 Å². The van der Waals surface area contributed by atoms with Crippen LogP contribution in [0.3, 0.4) is 0 Å². The second-order valence-electron chi connectivity index (χ2n) is 8.39. The van der Waals surface area contributed by atoms with Crippen molar-refractivity contribution in [3.63, 3.8) is 0 Å². The predicted octanol–water partition coefficient (Wildman–Crippen LogP) is 7.94. The van der Waals surface area contributed by atoms with Crippen LogP contribution in [-0.2, 0) is 0 Å². The Morgan fingerprint density at radius 3 is 1.37 bits per heavy atom. The van der Waals surface area contributed by atoms with Crippen LogP contribution in [0.4, 0.5) is 0 Å². The molecule has 0 nitrogen and oxygen atoms in total. The SMILES string of the molecule is CC[SiH](CC)C1c2cc(-c3ccccc3)ccc2-c2ccc(-c3ccccc3)cc21. The highest BCUT2D eigenvalue weighted by Gasteiger charge is 2.34. The lowest BCUT2D eigenvalue weighted by Crippen LogP contribution is -2.21. The molecule has 0 aliphatic heterocycles. The van der Waals surface area contributed by atoms with Crippen LogP contribution in [0.1, 0.15) is 30.5 Å². The fraction of sp³-hybridized carbons (Fsp3) is 0.172. The second kappa shape index (κ2) is 8.08. The van der Waals surface area contributed by atoms with Crippen molar-refractivity contribution < 1.29 is 0 Å². The van der Waals surface area contributed by atoms with Gasteiger partial charge in [-0.15, -0.1) is 0 Å². The fourth-order valence-corrected chi connectivity index (χ4v) is 8.27. The largest absolute Gasteiger partial charge is 0.0680 e. The number of hydrogen-bond acceptors (Lipinski definition) is 0. The van der Waals surface area contributed by atoms with Crippen LogP contribution < -0.4 is 0 Å². The van der Waals surface area contributed by atoms with E-state index in [0.29, 0.717) is 5.54 Å². The first-order valence-corrected chi connectivity index (χ1v) is 13.5. The van der Waals surface area contributed by atoms with Crippen molar-refractivity contribution in [2.24, 2.45) is 0 Å². The summed E-state index contributed by atoms with van der Waals surface area (Å²) in [7, 11) is -0.948. The molecule has 148 valence electrons. The molecule has 0 saturated carbocycles. The third-order valence-corrected chi connectivity index (χ3v) is 10.6. The zero-order valence-electron chi connectivity index (χ0n) is 17.8. The zero-order valence-corrected chi connectivity index (χ0v) is 19.0. The molecule has 1 aliphatic rings. The zero-order chi connectivity index (χ0) is 20.5. The van der Waals surface area contributed by atoms with Gasteiger partial charge in [0.25, 0.3) is 0 Å². The van der Waals surface area contributed by atoms with Gasteiger partial charge in [-0.25, -0.2) is 0 Å². The van der Waals surface area contributed by atoms with Crippen LogP contribution >= 0.6 is 0 Å². The molecule has 5 rings (SSSR count). The monoisotopic (exact) mass is 404 g/mol. The van der Waals surface area contributed by atoms with Gasteiger partial charge < -0.3 is 0 Å². The molecule has 0 radical (unpaired) electrons. The van der Waals surface area contributed by atoms with Crippen LogP contribution in [-0.4, -0.2) is 8.80 Å². The Morgan fingerprint density at radius 1 is 0.533 bits per heavy atom. The maximum atomic E-state index is 2.49. The molecule has 0 spiro atoms. The van der Waals surface area contributed by atoms with Crippen molar-refractivity contribution in [1.29, 1.82) is 0 Å². The van der Waals surface area contributed by atoms with Gasteiger partial charge in [0, 0.05) is 14.3 Å². The van der Waals surface area contributed by atoms with Gasteiger partial charge in [-0.3, -0.25) is 0 Å². The van der Waals surface area contributed by atoms with Crippen molar-refractivity contribution in [2.75, 3.05) is 0 Å². The summed E-state index contributed by atoms with van der Waals surface area (Å²) in [5.41, 5.74) is 12.0. The number of hydrogen-bond donors (Lipinski definition) is 0. The van der Waals surface area contributed by atoms with Gasteiger partial charge in [-0.2, -0.15) is 0 Å². The van der Waals surface area contributed by atoms with Gasteiger partial charge in [0.05, 0.1) is 0 Å². The molecule has 1 aliphatic carbocycles. The molecular weight excluding hydrogens is 376 g/mol. The summed E-state index contributed by atoms with van der Waals surface area (Å²) in [6.45, 7) is 4.81. The van der Waals surface area contributed by atoms with Crippen molar-refractivity contribution in [3.8, 4) is 33.4 Å². The maximum Gasteiger partial charge on any atom is 0.0500 e. The van der Waals surface area contributed by atoms with E-state index >= 15 is 0 Å². The lowest BCUT2D eigenvalue weighted by molar-refractivity contribution is 1.10. The van der Waals surface area contributed by atoms with Crippen molar-refractivity contribution in [1.82, 2.24) is 0 Å². The number of benzene rings is 4. The van der Waals surface area contributed by atoms with Gasteiger partial charge in [-0.1, -0.05) is 123 Å². The average molecular weight is 405 g/mol. The summed E-state index contributed by atoms with van der Waals surface area (Å²) in [4.78, 5) is 0. The van der Waals surface area contributed by atoms with E-state index in [1.807, 2.05) is 0 Å². The van der Waals surface area contributed by atoms with E-state index in [2.05, 4.69) is 111 Å². The van der Waals surface area contributed by atoms with Crippen molar-refractivity contribution in [2.45, 2.75) is 31.5 Å². The van der Waals surface area contributed by atoms with Crippen LogP contribution in [0.5, 0.6) is 0 Å². The maximum absolute atomic E-state index is 2.49. The van der Waals surface area contributed by atoms with Gasteiger partial charge in [0.15, 0.2) is 0 Å². The second-order valence-corrected chi connectivity index (χ2v) is 12.2. The van der Waals surface area contributed by atoms with Crippen molar-refractivity contribution in [3.05, 3.63) is 108 Å². The molecule has 4 aromatic carbocycles. The van der Waals surface area contributed by atoms with Gasteiger partial charge in [-0.05, 0) is 44.5 Å². The molecule has 0 N–H and O–H groups in total. The summed E-state index contributed by atoms with van der Waals surface area (Å²) in [6, 6.07) is 38.6. The molecule has 0 fully saturated rings. The standard InChI is InChI=1S/C29H28Si/c1-3-30(4-2)29-27-19-23(21-11-7-5-8-12-21)15-17-25(27)26-18-16-24(20-28(26)29)22-13-9-6-10-14-22/h5-20,29-30H,3-4H2,1-2H3. The van der Waals surface area contributed by atoms with Crippen LogP contribution in [0.15, 0.2) is 97.1 Å². The normalized spacial score (nSPS) is 12.8. The van der Waals surface area contributed by atoms with Crippen LogP contribution in [0, 0.1) is 0 Å². The van der Waals surface area contributed by atoms with E-state index in [0.717, 1.165) is 0 Å². The van der Waals surface area contributed by atoms with E-state index in [1.165, 1.54) is 45.5 Å². The molecule has 0 heterocycles. The molecule has 1 heteroatoms. The first-order valence-electron chi connectivity index (χ1n) is 11.2. The van der Waals surface area contributed by atoms with Gasteiger partial charge in [0.2, 0.25) is 0 Å². The van der Waals surface area contributed by atoms with Crippen LogP contribution in [0.2, 0.25) is 12.1 Å². The quantitative estimate of drug-likeness (QED) is 0.296. The average Bonchev–Trinajstić information content (AvgIpc) is 3.14. The smallest absolute Gasteiger partial charge is 0.0500 e. The molecule has 0 unspecified atom stereocenters. The lowest BCUT2D eigenvalue weighted by Gasteiger charge is -2.23. The highest BCUT2D eigenvalue weighted by Crippen LogP contribution is 2.49. The Bertz CT molecular complexity index is 1070. The highest BCUT2D eigenvalue weighted by molar-refractivity contribution is 6.61. The molecule has 0 amide bonds. The number of fused-ring (bicyclic) bond motifs is 3. The first-order chi connectivity index (χ1) is 14.8. The summed E-state index contributed by atoms with van der Waals surface area (Å²) < 4.78 is 0. The Balaban J connectivity index is 1.67. The van der Waals surface area contributed by atoms with Crippen LogP contribution in [0.25, 0.3) is 33.4 Å². The molecule has 0 aromatic heterocycles. The summed E-state index contributed by atoms with van der Waals surface area (Å²) in [5, 5.41) is 0. The Kier molecular flexibility index (Phi) is 5.14. The molecular formula is C29H28Si. The summed E-state index contributed by atoms with van der Waals surface area (Å²) >= 11 is 0. The molecule has 30 heavy (non-hydrogen) atoms. The van der Waals surface area contributed by atoms with Crippen molar-refractivity contribution >= 4 is 8.80 Å². The van der Waals surface area contributed by atoms with E-state index in [-0.39, 0.29) is 0 Å². The van der Waals surface area contributed by atoms with Gasteiger partial charge >= 0.3 is 0 Å². The molecule has 4 aromatic rings. The third kappa shape index (κ3) is 3.24. The lowest BCUT2D eigenvalue weighted by atomic mass is 9.98. The number of rotatable bonds is 5. The Morgan fingerprint density at radius 2 is 0.967 bits per heavy atom. The molecule has 0 saturated heterocycles. The van der Waals surface area contributed by atoms with E-state index in [4.69, 9.17) is 0 Å². The van der Waals surface area contributed by atoms with Gasteiger partial charge in [0.1, 0.15) is 0 Å². The fourth-order valence-electron chi connectivity index (χ4n) is 5.19. The van der Waals surface area contributed by atoms with E-state index < -0.39 is 8.80 Å². The minimum absolute atomic E-state index is 0.609. The minimum Gasteiger partial charge on any atom is -0.0680 e. The third-order valence-electron chi connectivity index (χ3n) is 6.80. The summed E-state index contributed by atoms with van der Waals surface area (Å²) in [6.07, 6.45) is 0. The Hall–Kier alpha value is -2.90. The molecule has 0 bridgehead atoms. The predicted molar refractivity (Wildman–Crippen MR) is 133 cm³/mol. The minimum atomic E-state index is -0.948. The topological polar surface area (TPSA) is 0 Å². The summed E-state index contributed by atoms with van der Waals surface area (Å²) in [5.74, 6) is 0. The van der Waals surface area contributed by atoms with E-state index in [1.54, 1.807) is 11.1 Å².